The molecule has 1 fully saturated rings. The Hall–Kier alpha value is -0.470. The number of hydrogen-bond donors (Lipinski definition) is 1. The van der Waals surface area contributed by atoms with E-state index in [1.165, 1.54) is 11.3 Å². The fourth-order valence-corrected chi connectivity index (χ4v) is 5.36. The number of sulfonamides is 1. The summed E-state index contributed by atoms with van der Waals surface area (Å²) in [5.74, 6) is 0. The first-order valence-electron chi connectivity index (χ1n) is 7.09. The summed E-state index contributed by atoms with van der Waals surface area (Å²) in [6.45, 7) is 6.58. The number of nitrogens with two attached hydrogens (primary N) is 1. The quantitative estimate of drug-likeness (QED) is 0.849. The zero-order valence-corrected chi connectivity index (χ0v) is 13.5. The molecule has 0 atom stereocenters. The van der Waals surface area contributed by atoms with Gasteiger partial charge in [-0.1, -0.05) is 6.92 Å². The molecule has 7 heteroatoms. The fourth-order valence-electron chi connectivity index (χ4n) is 2.41. The Morgan fingerprint density at radius 2 is 1.95 bits per heavy atom. The van der Waals surface area contributed by atoms with Crippen LogP contribution >= 0.6 is 11.3 Å². The van der Waals surface area contributed by atoms with Gasteiger partial charge in [0.2, 0.25) is 0 Å². The van der Waals surface area contributed by atoms with Crippen LogP contribution < -0.4 is 5.73 Å². The standard InChI is InChI=1S/C13H23N3O2S2/c1-2-7-15-8-10-16(11-9-15)20(17,18)13-4-3-12(19-13)5-6-14/h3-4H,2,5-11,14H2,1H3. The molecule has 1 aromatic heterocycles. The second-order valence-corrected chi connectivity index (χ2v) is 8.34. The Morgan fingerprint density at radius 3 is 2.55 bits per heavy atom. The van der Waals surface area contributed by atoms with Gasteiger partial charge in [0, 0.05) is 31.1 Å². The molecule has 1 aliphatic heterocycles. The predicted octanol–water partition coefficient (Wildman–Crippen LogP) is 0.966. The molecule has 2 N–H and O–H groups in total. The second-order valence-electron chi connectivity index (χ2n) is 5.01. The highest BCUT2D eigenvalue weighted by Crippen LogP contribution is 2.25. The maximum Gasteiger partial charge on any atom is 0.252 e. The van der Waals surface area contributed by atoms with Crippen molar-refractivity contribution in [2.75, 3.05) is 39.3 Å². The van der Waals surface area contributed by atoms with Gasteiger partial charge in [-0.15, -0.1) is 11.3 Å². The van der Waals surface area contributed by atoms with Gasteiger partial charge < -0.3 is 10.6 Å². The van der Waals surface area contributed by atoms with Gasteiger partial charge in [-0.3, -0.25) is 0 Å². The van der Waals surface area contributed by atoms with Crippen molar-refractivity contribution in [3.63, 3.8) is 0 Å². The van der Waals surface area contributed by atoms with Crippen molar-refractivity contribution in [3.8, 4) is 0 Å². The van der Waals surface area contributed by atoms with E-state index in [4.69, 9.17) is 5.73 Å². The molecule has 0 saturated carbocycles. The maximum absolute atomic E-state index is 12.6. The van der Waals surface area contributed by atoms with Crippen LogP contribution in [0.5, 0.6) is 0 Å². The Labute approximate surface area is 125 Å². The van der Waals surface area contributed by atoms with E-state index >= 15 is 0 Å². The monoisotopic (exact) mass is 317 g/mol. The van der Waals surface area contributed by atoms with Crippen molar-refractivity contribution < 1.29 is 8.42 Å². The molecule has 1 aromatic rings. The van der Waals surface area contributed by atoms with Crippen LogP contribution in [0.15, 0.2) is 16.3 Å². The molecule has 0 bridgehead atoms. The van der Waals surface area contributed by atoms with Gasteiger partial charge in [0.05, 0.1) is 0 Å². The molecule has 2 rings (SSSR count). The SMILES string of the molecule is CCCN1CCN(S(=O)(=O)c2ccc(CCN)s2)CC1. The number of piperazine rings is 1. The van der Waals surface area contributed by atoms with E-state index in [1.807, 2.05) is 6.07 Å². The highest BCUT2D eigenvalue weighted by atomic mass is 32.2. The summed E-state index contributed by atoms with van der Waals surface area (Å²) in [5, 5.41) is 0. The van der Waals surface area contributed by atoms with Crippen LogP contribution in [0.3, 0.4) is 0 Å². The van der Waals surface area contributed by atoms with Crippen LogP contribution in [0.4, 0.5) is 0 Å². The average Bonchev–Trinajstić information content (AvgIpc) is 2.90. The zero-order valence-electron chi connectivity index (χ0n) is 11.9. The molecule has 1 saturated heterocycles. The third-order valence-corrected chi connectivity index (χ3v) is 7.00. The number of thiophene rings is 1. The lowest BCUT2D eigenvalue weighted by molar-refractivity contribution is 0.189. The van der Waals surface area contributed by atoms with E-state index in [1.54, 1.807) is 10.4 Å². The number of hydrogen-bond acceptors (Lipinski definition) is 5. The van der Waals surface area contributed by atoms with Gasteiger partial charge in [-0.05, 0) is 38.1 Å². The highest BCUT2D eigenvalue weighted by Gasteiger charge is 2.29. The molecule has 1 aliphatic rings. The molecule has 20 heavy (non-hydrogen) atoms. The fraction of sp³-hybridized carbons (Fsp3) is 0.692. The molecule has 2 heterocycles. The highest BCUT2D eigenvalue weighted by molar-refractivity contribution is 7.91. The van der Waals surface area contributed by atoms with Crippen LogP contribution in [-0.4, -0.2) is 56.9 Å². The predicted molar refractivity (Wildman–Crippen MR) is 82.6 cm³/mol. The maximum atomic E-state index is 12.6. The third kappa shape index (κ3) is 3.59. The lowest BCUT2D eigenvalue weighted by Gasteiger charge is -2.33. The Kier molecular flexibility index (Phi) is 5.57. The molecule has 0 radical (unpaired) electrons. The summed E-state index contributed by atoms with van der Waals surface area (Å²) >= 11 is 1.35. The van der Waals surface area contributed by atoms with Crippen LogP contribution in [0.25, 0.3) is 0 Å². The largest absolute Gasteiger partial charge is 0.330 e. The lowest BCUT2D eigenvalue weighted by Crippen LogP contribution is -2.48. The molecule has 0 aliphatic carbocycles. The Bertz CT molecular complexity index is 519. The first-order valence-corrected chi connectivity index (χ1v) is 9.35. The van der Waals surface area contributed by atoms with Gasteiger partial charge in [-0.25, -0.2) is 8.42 Å². The van der Waals surface area contributed by atoms with E-state index in [-0.39, 0.29) is 0 Å². The topological polar surface area (TPSA) is 66.6 Å². The Morgan fingerprint density at radius 1 is 1.25 bits per heavy atom. The first kappa shape index (κ1) is 15.9. The van der Waals surface area contributed by atoms with Gasteiger partial charge in [0.25, 0.3) is 10.0 Å². The smallest absolute Gasteiger partial charge is 0.252 e. The summed E-state index contributed by atoms with van der Waals surface area (Å²) in [7, 11) is -3.31. The average molecular weight is 317 g/mol. The van der Waals surface area contributed by atoms with Crippen LogP contribution in [0.2, 0.25) is 0 Å². The van der Waals surface area contributed by atoms with E-state index in [0.29, 0.717) is 23.8 Å². The van der Waals surface area contributed by atoms with E-state index < -0.39 is 10.0 Å². The molecule has 0 aromatic carbocycles. The van der Waals surface area contributed by atoms with Gasteiger partial charge in [0.15, 0.2) is 0 Å². The molecular weight excluding hydrogens is 294 g/mol. The minimum Gasteiger partial charge on any atom is -0.330 e. The van der Waals surface area contributed by atoms with Crippen molar-refractivity contribution in [1.29, 1.82) is 0 Å². The Balaban J connectivity index is 2.03. The summed E-state index contributed by atoms with van der Waals surface area (Å²) in [5.41, 5.74) is 5.51. The zero-order chi connectivity index (χ0) is 14.6. The number of nitrogens with zero attached hydrogens (tertiary/aromatic N) is 2. The summed E-state index contributed by atoms with van der Waals surface area (Å²) in [6, 6.07) is 3.58. The molecule has 114 valence electrons. The molecule has 0 spiro atoms. The summed E-state index contributed by atoms with van der Waals surface area (Å²) in [6.07, 6.45) is 1.85. The second kappa shape index (κ2) is 7.00. The van der Waals surface area contributed by atoms with Crippen molar-refractivity contribution in [2.45, 2.75) is 24.0 Å². The van der Waals surface area contributed by atoms with Gasteiger partial charge >= 0.3 is 0 Å². The van der Waals surface area contributed by atoms with E-state index in [9.17, 15) is 8.42 Å². The van der Waals surface area contributed by atoms with Gasteiger partial charge in [0.1, 0.15) is 4.21 Å². The van der Waals surface area contributed by atoms with Crippen molar-refractivity contribution in [2.24, 2.45) is 5.73 Å². The first-order chi connectivity index (χ1) is 9.57. The molecule has 0 amide bonds. The van der Waals surface area contributed by atoms with Crippen molar-refractivity contribution in [3.05, 3.63) is 17.0 Å². The normalized spacial score (nSPS) is 18.5. The van der Waals surface area contributed by atoms with Crippen LogP contribution in [0, 0.1) is 0 Å². The minimum atomic E-state index is -3.31. The molecular formula is C13H23N3O2S2. The van der Waals surface area contributed by atoms with Crippen molar-refractivity contribution >= 4 is 21.4 Å². The minimum absolute atomic E-state index is 0.449. The van der Waals surface area contributed by atoms with E-state index in [0.717, 1.165) is 37.4 Å². The third-order valence-electron chi connectivity index (χ3n) is 3.49. The summed E-state index contributed by atoms with van der Waals surface area (Å²) in [4.78, 5) is 3.36. The lowest BCUT2D eigenvalue weighted by atomic mass is 10.3. The number of rotatable bonds is 6. The van der Waals surface area contributed by atoms with Crippen LogP contribution in [0.1, 0.15) is 18.2 Å². The van der Waals surface area contributed by atoms with Gasteiger partial charge in [-0.2, -0.15) is 4.31 Å². The van der Waals surface area contributed by atoms with E-state index in [2.05, 4.69) is 11.8 Å². The molecule has 5 nitrogen and oxygen atoms in total. The van der Waals surface area contributed by atoms with Crippen LogP contribution in [-0.2, 0) is 16.4 Å². The summed E-state index contributed by atoms with van der Waals surface area (Å²) < 4.78 is 27.2. The molecule has 0 unspecified atom stereocenters. The van der Waals surface area contributed by atoms with Crippen molar-refractivity contribution in [1.82, 2.24) is 9.21 Å².